The van der Waals surface area contributed by atoms with Crippen LogP contribution in [0, 0.1) is 0 Å². The Morgan fingerprint density at radius 3 is 2.70 bits per heavy atom. The van der Waals surface area contributed by atoms with E-state index >= 15 is 0 Å². The molecule has 1 heterocycles. The van der Waals surface area contributed by atoms with Crippen LogP contribution in [0.5, 0.6) is 0 Å². The number of nitrogens with zero attached hydrogens (tertiary/aromatic N) is 1. The van der Waals surface area contributed by atoms with Crippen LogP contribution < -0.4 is 10.6 Å². The largest absolute Gasteiger partial charge is 0.352 e. The van der Waals surface area contributed by atoms with Gasteiger partial charge in [-0.3, -0.25) is 14.5 Å². The summed E-state index contributed by atoms with van der Waals surface area (Å²) >= 11 is 11.8. The monoisotopic (exact) mass is 357 g/mol. The number of carbonyl (C=O) groups excluding carboxylic acids is 2. The Hall–Kier alpha value is -1.30. The molecule has 1 saturated heterocycles. The first-order valence-electron chi connectivity index (χ1n) is 7.64. The fourth-order valence-electron chi connectivity index (χ4n) is 2.75. The number of nitrogens with one attached hydrogen (secondary N) is 2. The third-order valence-electron chi connectivity index (χ3n) is 3.97. The Labute approximate surface area is 146 Å². The fourth-order valence-corrected chi connectivity index (χ4v) is 3.05. The van der Waals surface area contributed by atoms with E-state index in [-0.39, 0.29) is 23.9 Å². The van der Waals surface area contributed by atoms with Crippen molar-refractivity contribution in [2.75, 3.05) is 18.4 Å². The molecule has 0 aliphatic carbocycles. The average molecular weight is 358 g/mol. The van der Waals surface area contributed by atoms with Gasteiger partial charge in [0, 0.05) is 25.2 Å². The van der Waals surface area contributed by atoms with Gasteiger partial charge >= 0.3 is 0 Å². The first-order valence-corrected chi connectivity index (χ1v) is 8.39. The number of hydrogen-bond acceptors (Lipinski definition) is 3. The zero-order valence-electron chi connectivity index (χ0n) is 13.2. The SMILES string of the molecule is CC(=O)NC1CCCN(C(C)C(=O)Nc2ccc(Cl)c(Cl)c2)C1. The van der Waals surface area contributed by atoms with Crippen LogP contribution in [0.15, 0.2) is 18.2 Å². The zero-order valence-corrected chi connectivity index (χ0v) is 14.7. The van der Waals surface area contributed by atoms with Crippen molar-refractivity contribution in [3.05, 3.63) is 28.2 Å². The molecule has 1 aromatic carbocycles. The number of anilines is 1. The Kier molecular flexibility index (Phi) is 6.27. The third kappa shape index (κ3) is 5.09. The number of rotatable bonds is 4. The molecule has 126 valence electrons. The molecule has 5 nitrogen and oxygen atoms in total. The van der Waals surface area contributed by atoms with Gasteiger partial charge in [-0.05, 0) is 44.5 Å². The maximum Gasteiger partial charge on any atom is 0.241 e. The van der Waals surface area contributed by atoms with E-state index in [1.54, 1.807) is 18.2 Å². The number of benzene rings is 1. The first-order chi connectivity index (χ1) is 10.9. The maximum atomic E-state index is 12.4. The van der Waals surface area contributed by atoms with Crippen molar-refractivity contribution < 1.29 is 9.59 Å². The minimum Gasteiger partial charge on any atom is -0.352 e. The summed E-state index contributed by atoms with van der Waals surface area (Å²) in [5, 5.41) is 6.63. The van der Waals surface area contributed by atoms with E-state index in [0.29, 0.717) is 22.3 Å². The summed E-state index contributed by atoms with van der Waals surface area (Å²) in [6.07, 6.45) is 1.90. The topological polar surface area (TPSA) is 61.4 Å². The Morgan fingerprint density at radius 1 is 1.30 bits per heavy atom. The number of amides is 2. The zero-order chi connectivity index (χ0) is 17.0. The lowest BCUT2D eigenvalue weighted by molar-refractivity contribution is -0.121. The van der Waals surface area contributed by atoms with Gasteiger partial charge in [-0.2, -0.15) is 0 Å². The van der Waals surface area contributed by atoms with Crippen LogP contribution in [-0.2, 0) is 9.59 Å². The number of carbonyl (C=O) groups is 2. The molecule has 2 amide bonds. The van der Waals surface area contributed by atoms with E-state index in [0.717, 1.165) is 19.4 Å². The van der Waals surface area contributed by atoms with Gasteiger partial charge in [0.05, 0.1) is 16.1 Å². The smallest absolute Gasteiger partial charge is 0.241 e. The molecule has 7 heteroatoms. The molecular formula is C16H21Cl2N3O2. The molecular weight excluding hydrogens is 337 g/mol. The van der Waals surface area contributed by atoms with E-state index < -0.39 is 0 Å². The molecule has 2 unspecified atom stereocenters. The van der Waals surface area contributed by atoms with Crippen LogP contribution in [0.25, 0.3) is 0 Å². The molecule has 1 fully saturated rings. The molecule has 1 aliphatic heterocycles. The van der Waals surface area contributed by atoms with Crippen molar-refractivity contribution in [3.8, 4) is 0 Å². The Bertz CT molecular complexity index is 595. The molecule has 1 aliphatic rings. The fraction of sp³-hybridized carbons (Fsp3) is 0.500. The van der Waals surface area contributed by atoms with Crippen molar-refractivity contribution in [3.63, 3.8) is 0 Å². The lowest BCUT2D eigenvalue weighted by Crippen LogP contribution is -2.52. The van der Waals surface area contributed by atoms with Crippen LogP contribution >= 0.6 is 23.2 Å². The van der Waals surface area contributed by atoms with E-state index in [1.165, 1.54) is 6.92 Å². The summed E-state index contributed by atoms with van der Waals surface area (Å²) in [5.41, 5.74) is 0.617. The van der Waals surface area contributed by atoms with Gasteiger partial charge in [-0.15, -0.1) is 0 Å². The number of hydrogen-bond donors (Lipinski definition) is 2. The predicted molar refractivity (Wildman–Crippen MR) is 93.0 cm³/mol. The summed E-state index contributed by atoms with van der Waals surface area (Å²) in [5.74, 6) is -0.142. The first kappa shape index (κ1) is 18.0. The Balaban J connectivity index is 1.95. The normalized spacial score (nSPS) is 19.9. The standard InChI is InChI=1S/C16H21Cl2N3O2/c1-10(21-7-3-4-13(9-21)19-11(2)22)16(23)20-12-5-6-14(17)15(18)8-12/h5-6,8,10,13H,3-4,7,9H2,1-2H3,(H,19,22)(H,20,23). The van der Waals surface area contributed by atoms with Gasteiger partial charge in [0.25, 0.3) is 0 Å². The minimum absolute atomic E-state index is 0.0373. The van der Waals surface area contributed by atoms with Gasteiger partial charge < -0.3 is 10.6 Å². The molecule has 0 aromatic heterocycles. The molecule has 0 spiro atoms. The van der Waals surface area contributed by atoms with Crippen LogP contribution in [0.1, 0.15) is 26.7 Å². The summed E-state index contributed by atoms with van der Waals surface area (Å²) in [6, 6.07) is 4.81. The number of piperidine rings is 1. The Morgan fingerprint density at radius 2 is 2.04 bits per heavy atom. The van der Waals surface area contributed by atoms with Crippen molar-refractivity contribution >= 4 is 40.7 Å². The van der Waals surface area contributed by atoms with E-state index in [9.17, 15) is 9.59 Å². The van der Waals surface area contributed by atoms with Crippen LogP contribution in [-0.4, -0.2) is 41.9 Å². The van der Waals surface area contributed by atoms with Crippen molar-refractivity contribution in [2.24, 2.45) is 0 Å². The van der Waals surface area contributed by atoms with Crippen molar-refractivity contribution in [1.82, 2.24) is 10.2 Å². The second-order valence-electron chi connectivity index (χ2n) is 5.83. The average Bonchev–Trinajstić information content (AvgIpc) is 2.49. The van der Waals surface area contributed by atoms with E-state index in [2.05, 4.69) is 15.5 Å². The van der Waals surface area contributed by atoms with Crippen molar-refractivity contribution in [2.45, 2.75) is 38.8 Å². The molecule has 23 heavy (non-hydrogen) atoms. The minimum atomic E-state index is -0.291. The highest BCUT2D eigenvalue weighted by atomic mass is 35.5. The second-order valence-corrected chi connectivity index (χ2v) is 6.64. The van der Waals surface area contributed by atoms with Gasteiger partial charge in [-0.25, -0.2) is 0 Å². The summed E-state index contributed by atoms with van der Waals surface area (Å²) in [4.78, 5) is 25.7. The van der Waals surface area contributed by atoms with Gasteiger partial charge in [0.15, 0.2) is 0 Å². The molecule has 0 saturated carbocycles. The highest BCUT2D eigenvalue weighted by molar-refractivity contribution is 6.42. The van der Waals surface area contributed by atoms with Crippen LogP contribution in [0.3, 0.4) is 0 Å². The van der Waals surface area contributed by atoms with Crippen LogP contribution in [0.2, 0.25) is 10.0 Å². The molecule has 1 aromatic rings. The number of halogens is 2. The summed E-state index contributed by atoms with van der Waals surface area (Å²) in [6.45, 7) is 4.89. The van der Waals surface area contributed by atoms with E-state index in [4.69, 9.17) is 23.2 Å². The molecule has 2 N–H and O–H groups in total. The maximum absolute atomic E-state index is 12.4. The predicted octanol–water partition coefficient (Wildman–Crippen LogP) is 2.92. The molecule has 2 rings (SSSR count). The second kappa shape index (κ2) is 7.99. The lowest BCUT2D eigenvalue weighted by Gasteiger charge is -2.36. The van der Waals surface area contributed by atoms with Crippen molar-refractivity contribution in [1.29, 1.82) is 0 Å². The highest BCUT2D eigenvalue weighted by Crippen LogP contribution is 2.25. The van der Waals surface area contributed by atoms with E-state index in [1.807, 2.05) is 6.92 Å². The van der Waals surface area contributed by atoms with Crippen LogP contribution in [0.4, 0.5) is 5.69 Å². The van der Waals surface area contributed by atoms with Gasteiger partial charge in [0.2, 0.25) is 11.8 Å². The summed E-state index contributed by atoms with van der Waals surface area (Å²) in [7, 11) is 0. The molecule has 0 bridgehead atoms. The molecule has 2 atom stereocenters. The lowest BCUT2D eigenvalue weighted by atomic mass is 10.0. The third-order valence-corrected chi connectivity index (χ3v) is 4.71. The highest BCUT2D eigenvalue weighted by Gasteiger charge is 2.27. The quantitative estimate of drug-likeness (QED) is 0.870. The number of likely N-dealkylation sites (tertiary alicyclic amines) is 1. The molecule has 0 radical (unpaired) electrons. The summed E-state index contributed by atoms with van der Waals surface area (Å²) < 4.78 is 0. The van der Waals surface area contributed by atoms with Gasteiger partial charge in [-0.1, -0.05) is 23.2 Å². The van der Waals surface area contributed by atoms with Gasteiger partial charge in [0.1, 0.15) is 0 Å².